The van der Waals surface area contributed by atoms with E-state index in [1.54, 1.807) is 13.8 Å². The molecule has 0 rings (SSSR count). The molecule has 0 radical (unpaired) electrons. The van der Waals surface area contributed by atoms with Crippen molar-refractivity contribution in [2.75, 3.05) is 6.61 Å². The SMILES string of the molecule is C#CC(C)(C)NC(=O)CCCCO. The van der Waals surface area contributed by atoms with E-state index in [0.29, 0.717) is 19.3 Å². The van der Waals surface area contributed by atoms with Crippen LogP contribution in [0.5, 0.6) is 0 Å². The van der Waals surface area contributed by atoms with Crippen LogP contribution in [0.2, 0.25) is 0 Å². The summed E-state index contributed by atoms with van der Waals surface area (Å²) in [6.45, 7) is 3.68. The van der Waals surface area contributed by atoms with Gasteiger partial charge in [0.05, 0.1) is 5.54 Å². The summed E-state index contributed by atoms with van der Waals surface area (Å²) in [4.78, 5) is 11.2. The first-order chi connectivity index (χ1) is 6.02. The Labute approximate surface area is 79.5 Å². The molecule has 0 saturated heterocycles. The van der Waals surface area contributed by atoms with E-state index in [-0.39, 0.29) is 12.5 Å². The van der Waals surface area contributed by atoms with Gasteiger partial charge < -0.3 is 10.4 Å². The quantitative estimate of drug-likeness (QED) is 0.486. The first kappa shape index (κ1) is 12.0. The highest BCUT2D eigenvalue weighted by molar-refractivity contribution is 5.77. The van der Waals surface area contributed by atoms with Crippen molar-refractivity contribution in [2.45, 2.75) is 38.6 Å². The van der Waals surface area contributed by atoms with Gasteiger partial charge in [0, 0.05) is 13.0 Å². The number of nitrogens with one attached hydrogen (secondary N) is 1. The monoisotopic (exact) mass is 183 g/mol. The lowest BCUT2D eigenvalue weighted by molar-refractivity contribution is -0.122. The minimum Gasteiger partial charge on any atom is -0.396 e. The van der Waals surface area contributed by atoms with Crippen molar-refractivity contribution in [3.8, 4) is 12.3 Å². The molecule has 0 aromatic heterocycles. The van der Waals surface area contributed by atoms with Gasteiger partial charge in [-0.1, -0.05) is 5.92 Å². The molecule has 0 bridgehead atoms. The molecule has 0 heterocycles. The van der Waals surface area contributed by atoms with Crippen LogP contribution in [-0.4, -0.2) is 23.2 Å². The molecule has 0 aromatic carbocycles. The highest BCUT2D eigenvalue weighted by atomic mass is 16.2. The second-order valence-corrected chi connectivity index (χ2v) is 3.50. The fourth-order valence-corrected chi connectivity index (χ4v) is 0.844. The molecule has 0 atom stereocenters. The van der Waals surface area contributed by atoms with Gasteiger partial charge >= 0.3 is 0 Å². The lowest BCUT2D eigenvalue weighted by atomic mass is 10.1. The largest absolute Gasteiger partial charge is 0.396 e. The Balaban J connectivity index is 3.70. The van der Waals surface area contributed by atoms with Crippen LogP contribution in [0.15, 0.2) is 0 Å². The lowest BCUT2D eigenvalue weighted by Gasteiger charge is -2.19. The molecule has 0 saturated carbocycles. The Morgan fingerprint density at radius 2 is 2.15 bits per heavy atom. The van der Waals surface area contributed by atoms with Crippen molar-refractivity contribution >= 4 is 5.91 Å². The molecule has 0 aromatic rings. The minimum absolute atomic E-state index is 0.0589. The third-order valence-electron chi connectivity index (χ3n) is 1.62. The second kappa shape index (κ2) is 5.60. The predicted molar refractivity (Wildman–Crippen MR) is 52.0 cm³/mol. The summed E-state index contributed by atoms with van der Waals surface area (Å²) in [5.41, 5.74) is -0.573. The van der Waals surface area contributed by atoms with E-state index < -0.39 is 5.54 Å². The van der Waals surface area contributed by atoms with E-state index >= 15 is 0 Å². The van der Waals surface area contributed by atoms with Crippen molar-refractivity contribution < 1.29 is 9.90 Å². The number of rotatable bonds is 5. The number of hydrogen-bond donors (Lipinski definition) is 2. The van der Waals surface area contributed by atoms with Crippen LogP contribution in [0.25, 0.3) is 0 Å². The van der Waals surface area contributed by atoms with Crippen molar-refractivity contribution in [1.29, 1.82) is 0 Å². The maximum atomic E-state index is 11.2. The second-order valence-electron chi connectivity index (χ2n) is 3.50. The van der Waals surface area contributed by atoms with E-state index in [1.165, 1.54) is 0 Å². The molecule has 0 aliphatic rings. The predicted octanol–water partition coefficient (Wildman–Crippen LogP) is 0.677. The standard InChI is InChI=1S/C10H17NO2/c1-4-10(2,3)11-9(13)7-5-6-8-12/h1,12H,5-8H2,2-3H3,(H,11,13). The number of aliphatic hydroxyl groups is 1. The van der Waals surface area contributed by atoms with Gasteiger partial charge in [-0.3, -0.25) is 4.79 Å². The molecule has 0 spiro atoms. The number of unbranched alkanes of at least 4 members (excludes halogenated alkanes) is 1. The average molecular weight is 183 g/mol. The number of carbonyl (C=O) groups is 1. The topological polar surface area (TPSA) is 49.3 Å². The zero-order valence-corrected chi connectivity index (χ0v) is 8.26. The minimum atomic E-state index is -0.573. The Bertz CT molecular complexity index is 203. The normalized spacial score (nSPS) is 10.6. The summed E-state index contributed by atoms with van der Waals surface area (Å²) in [7, 11) is 0. The van der Waals surface area contributed by atoms with Gasteiger partial charge in [0.25, 0.3) is 0 Å². The van der Waals surface area contributed by atoms with Crippen LogP contribution < -0.4 is 5.32 Å². The number of aliphatic hydroxyl groups excluding tert-OH is 1. The van der Waals surface area contributed by atoms with Crippen LogP contribution in [-0.2, 0) is 4.79 Å². The molecule has 13 heavy (non-hydrogen) atoms. The molecule has 0 aliphatic carbocycles. The molecule has 1 amide bonds. The zero-order chi connectivity index (χ0) is 10.3. The Kier molecular flexibility index (Phi) is 5.17. The lowest BCUT2D eigenvalue weighted by Crippen LogP contribution is -2.41. The van der Waals surface area contributed by atoms with Crippen LogP contribution >= 0.6 is 0 Å². The van der Waals surface area contributed by atoms with Crippen LogP contribution in [0.4, 0.5) is 0 Å². The maximum absolute atomic E-state index is 11.2. The maximum Gasteiger partial charge on any atom is 0.221 e. The van der Waals surface area contributed by atoms with Gasteiger partial charge in [0.2, 0.25) is 5.91 Å². The van der Waals surface area contributed by atoms with Crippen LogP contribution in [0.3, 0.4) is 0 Å². The third kappa shape index (κ3) is 6.18. The van der Waals surface area contributed by atoms with Gasteiger partial charge in [0.1, 0.15) is 0 Å². The fraction of sp³-hybridized carbons (Fsp3) is 0.700. The number of amides is 1. The first-order valence-corrected chi connectivity index (χ1v) is 4.41. The number of carbonyl (C=O) groups excluding carboxylic acids is 1. The highest BCUT2D eigenvalue weighted by Crippen LogP contribution is 2.01. The highest BCUT2D eigenvalue weighted by Gasteiger charge is 2.15. The Hall–Kier alpha value is -1.01. The summed E-state index contributed by atoms with van der Waals surface area (Å²) in [6, 6.07) is 0. The van der Waals surface area contributed by atoms with Crippen molar-refractivity contribution in [1.82, 2.24) is 5.32 Å². The fourth-order valence-electron chi connectivity index (χ4n) is 0.844. The zero-order valence-electron chi connectivity index (χ0n) is 8.26. The van der Waals surface area contributed by atoms with Gasteiger partial charge in [-0.05, 0) is 26.7 Å². The molecule has 0 fully saturated rings. The van der Waals surface area contributed by atoms with Crippen molar-refractivity contribution in [3.05, 3.63) is 0 Å². The molecule has 3 heteroatoms. The first-order valence-electron chi connectivity index (χ1n) is 4.41. The molecule has 2 N–H and O–H groups in total. The van der Waals surface area contributed by atoms with Gasteiger partial charge in [-0.15, -0.1) is 6.42 Å². The molecule has 0 unspecified atom stereocenters. The van der Waals surface area contributed by atoms with Gasteiger partial charge in [0.15, 0.2) is 0 Å². The van der Waals surface area contributed by atoms with Crippen LogP contribution in [0.1, 0.15) is 33.1 Å². The molecular weight excluding hydrogens is 166 g/mol. The molecular formula is C10H17NO2. The van der Waals surface area contributed by atoms with E-state index in [2.05, 4.69) is 11.2 Å². The van der Waals surface area contributed by atoms with Crippen molar-refractivity contribution in [2.24, 2.45) is 0 Å². The molecule has 74 valence electrons. The summed E-state index contributed by atoms with van der Waals surface area (Å²) < 4.78 is 0. The average Bonchev–Trinajstić information content (AvgIpc) is 2.04. The Morgan fingerprint density at radius 1 is 1.54 bits per heavy atom. The van der Waals surface area contributed by atoms with Gasteiger partial charge in [-0.2, -0.15) is 0 Å². The summed E-state index contributed by atoms with van der Waals surface area (Å²) >= 11 is 0. The number of terminal acetylenes is 1. The Morgan fingerprint density at radius 3 is 2.62 bits per heavy atom. The smallest absolute Gasteiger partial charge is 0.221 e. The van der Waals surface area contributed by atoms with E-state index in [0.717, 1.165) is 0 Å². The molecule has 0 aliphatic heterocycles. The van der Waals surface area contributed by atoms with E-state index in [1.807, 2.05) is 0 Å². The van der Waals surface area contributed by atoms with Crippen molar-refractivity contribution in [3.63, 3.8) is 0 Å². The van der Waals surface area contributed by atoms with E-state index in [4.69, 9.17) is 11.5 Å². The summed E-state index contributed by atoms with van der Waals surface area (Å²) in [5.74, 6) is 2.42. The van der Waals surface area contributed by atoms with E-state index in [9.17, 15) is 4.79 Å². The van der Waals surface area contributed by atoms with Crippen LogP contribution in [0, 0.1) is 12.3 Å². The molecule has 3 nitrogen and oxygen atoms in total. The third-order valence-corrected chi connectivity index (χ3v) is 1.62. The number of hydrogen-bond acceptors (Lipinski definition) is 2. The summed E-state index contributed by atoms with van der Waals surface area (Å²) in [5, 5.41) is 11.2. The summed E-state index contributed by atoms with van der Waals surface area (Å²) in [6.07, 6.45) is 6.98. The van der Waals surface area contributed by atoms with Gasteiger partial charge in [-0.25, -0.2) is 0 Å².